The molecule has 0 saturated carbocycles. The quantitative estimate of drug-likeness (QED) is 0.583. The third kappa shape index (κ3) is 4.57. The molecule has 166 valence electrons. The fraction of sp³-hybridized carbons (Fsp3) is 0.320. The molecule has 2 fully saturated rings. The van der Waals surface area contributed by atoms with Gasteiger partial charge in [-0.25, -0.2) is 4.98 Å². The lowest BCUT2D eigenvalue weighted by atomic mass is 9.95. The van der Waals surface area contributed by atoms with Crippen molar-refractivity contribution in [2.24, 2.45) is 0 Å². The number of fused-ring (bicyclic) bond motifs is 1. The topological polar surface area (TPSA) is 70.0 Å². The Morgan fingerprint density at radius 1 is 0.688 bits per heavy atom. The molecule has 3 aromatic rings. The summed E-state index contributed by atoms with van der Waals surface area (Å²) >= 11 is 6.11. The van der Waals surface area contributed by atoms with Crippen molar-refractivity contribution in [3.8, 4) is 0 Å². The summed E-state index contributed by atoms with van der Waals surface area (Å²) in [6.07, 6.45) is -2.69. The molecule has 2 aliphatic heterocycles. The van der Waals surface area contributed by atoms with Gasteiger partial charge in [-0.1, -0.05) is 78.3 Å². The van der Waals surface area contributed by atoms with Crippen LogP contribution in [0.25, 0.3) is 0 Å². The van der Waals surface area contributed by atoms with E-state index in [0.717, 1.165) is 16.8 Å². The summed E-state index contributed by atoms with van der Waals surface area (Å²) < 4.78 is 25.1. The summed E-state index contributed by atoms with van der Waals surface area (Å²) in [7, 11) is 0. The Bertz CT molecular complexity index is 1020. The number of aromatic nitrogens is 1. The van der Waals surface area contributed by atoms with Crippen LogP contribution in [0.2, 0.25) is 5.15 Å². The van der Waals surface area contributed by atoms with Gasteiger partial charge in [0.2, 0.25) is 0 Å². The minimum atomic E-state index is -0.634. The van der Waals surface area contributed by atoms with Gasteiger partial charge in [0, 0.05) is 23.2 Å². The molecular formula is C25H24ClNO5. The van der Waals surface area contributed by atoms with Crippen LogP contribution >= 0.6 is 11.6 Å². The number of halogens is 1. The van der Waals surface area contributed by atoms with E-state index in [-0.39, 0.29) is 12.7 Å². The first-order valence-corrected chi connectivity index (χ1v) is 11.0. The second kappa shape index (κ2) is 9.67. The standard InChI is InChI=1S/C25H24ClNO5/c26-21-13-7-12-18(27-21)14-19-22-23(32-24(29-19)16-8-3-1-4-9-16)20(15-28)30-25(31-22)17-10-5-2-6-11-17/h1-13,19-20,22-25,28H,14-15H2. The third-order valence-corrected chi connectivity index (χ3v) is 5.93. The SMILES string of the molecule is OCC1OC(c2ccccc2)OC2C(Cc3cccc(Cl)n3)OC(c3ccccc3)OC12. The third-order valence-electron chi connectivity index (χ3n) is 5.72. The van der Waals surface area contributed by atoms with Gasteiger partial charge in [0.15, 0.2) is 12.6 Å². The molecule has 1 N–H and O–H groups in total. The van der Waals surface area contributed by atoms with Gasteiger partial charge < -0.3 is 24.1 Å². The highest BCUT2D eigenvalue weighted by Gasteiger charge is 2.50. The largest absolute Gasteiger partial charge is 0.394 e. The van der Waals surface area contributed by atoms with Crippen molar-refractivity contribution in [3.05, 3.63) is 101 Å². The normalized spacial score (nSPS) is 29.9. The highest BCUT2D eigenvalue weighted by molar-refractivity contribution is 6.29. The highest BCUT2D eigenvalue weighted by Crippen LogP contribution is 2.41. The van der Waals surface area contributed by atoms with Crippen molar-refractivity contribution in [1.82, 2.24) is 4.98 Å². The molecule has 3 heterocycles. The van der Waals surface area contributed by atoms with Crippen LogP contribution in [0, 0.1) is 0 Å². The molecule has 2 saturated heterocycles. The Balaban J connectivity index is 1.47. The van der Waals surface area contributed by atoms with E-state index in [2.05, 4.69) is 4.98 Å². The average molecular weight is 454 g/mol. The van der Waals surface area contributed by atoms with Crippen LogP contribution in [-0.4, -0.2) is 41.1 Å². The smallest absolute Gasteiger partial charge is 0.184 e. The average Bonchev–Trinajstić information content (AvgIpc) is 2.84. The summed E-state index contributed by atoms with van der Waals surface area (Å²) in [4.78, 5) is 4.43. The molecule has 6 nitrogen and oxygen atoms in total. The van der Waals surface area contributed by atoms with Gasteiger partial charge in [-0.15, -0.1) is 0 Å². The lowest BCUT2D eigenvalue weighted by Gasteiger charge is -2.49. The second-order valence-electron chi connectivity index (χ2n) is 7.87. The van der Waals surface area contributed by atoms with E-state index in [1.807, 2.05) is 72.8 Å². The van der Waals surface area contributed by atoms with E-state index >= 15 is 0 Å². The Morgan fingerprint density at radius 2 is 1.25 bits per heavy atom. The number of rotatable bonds is 5. The second-order valence-corrected chi connectivity index (χ2v) is 8.26. The summed E-state index contributed by atoms with van der Waals surface area (Å²) in [5, 5.41) is 10.6. The van der Waals surface area contributed by atoms with Gasteiger partial charge in [0.05, 0.1) is 12.7 Å². The number of benzene rings is 2. The maximum atomic E-state index is 10.1. The Hall–Kier alpha value is -2.32. The van der Waals surface area contributed by atoms with Gasteiger partial charge in [-0.2, -0.15) is 0 Å². The van der Waals surface area contributed by atoms with E-state index in [0.29, 0.717) is 11.6 Å². The monoisotopic (exact) mass is 453 g/mol. The molecule has 6 atom stereocenters. The van der Waals surface area contributed by atoms with Crippen molar-refractivity contribution >= 4 is 11.6 Å². The Labute approximate surface area is 191 Å². The Morgan fingerprint density at radius 3 is 1.81 bits per heavy atom. The number of aliphatic hydroxyl groups excluding tert-OH is 1. The molecule has 0 amide bonds. The number of ether oxygens (including phenoxy) is 4. The lowest BCUT2D eigenvalue weighted by Crippen LogP contribution is -2.59. The first kappa shape index (κ1) is 21.5. The molecular weight excluding hydrogens is 430 g/mol. The molecule has 0 aliphatic carbocycles. The van der Waals surface area contributed by atoms with Crippen LogP contribution in [-0.2, 0) is 25.4 Å². The van der Waals surface area contributed by atoms with E-state index in [4.69, 9.17) is 30.5 Å². The van der Waals surface area contributed by atoms with Crippen LogP contribution in [0.15, 0.2) is 78.9 Å². The van der Waals surface area contributed by atoms with Crippen LogP contribution in [0.4, 0.5) is 0 Å². The molecule has 5 rings (SSSR count). The van der Waals surface area contributed by atoms with Gasteiger partial charge >= 0.3 is 0 Å². The Kier molecular flexibility index (Phi) is 6.50. The van der Waals surface area contributed by atoms with Crippen molar-refractivity contribution in [2.45, 2.75) is 43.4 Å². The van der Waals surface area contributed by atoms with Crippen molar-refractivity contribution in [3.63, 3.8) is 0 Å². The van der Waals surface area contributed by atoms with Crippen LogP contribution in [0.3, 0.4) is 0 Å². The number of pyridine rings is 1. The summed E-state index contributed by atoms with van der Waals surface area (Å²) in [5.74, 6) is 0. The first-order chi connectivity index (χ1) is 15.7. The van der Waals surface area contributed by atoms with E-state index in [9.17, 15) is 5.11 Å². The zero-order valence-electron chi connectivity index (χ0n) is 17.3. The minimum Gasteiger partial charge on any atom is -0.394 e. The van der Waals surface area contributed by atoms with E-state index in [1.165, 1.54) is 0 Å². The fourth-order valence-corrected chi connectivity index (χ4v) is 4.37. The first-order valence-electron chi connectivity index (χ1n) is 10.7. The van der Waals surface area contributed by atoms with Crippen LogP contribution in [0.5, 0.6) is 0 Å². The molecule has 2 aromatic carbocycles. The number of nitrogens with zero attached hydrogens (tertiary/aromatic N) is 1. The zero-order chi connectivity index (χ0) is 21.9. The van der Waals surface area contributed by atoms with Crippen molar-refractivity contribution in [2.75, 3.05) is 6.61 Å². The number of hydrogen-bond acceptors (Lipinski definition) is 6. The van der Waals surface area contributed by atoms with E-state index in [1.54, 1.807) is 6.07 Å². The number of aliphatic hydroxyl groups is 1. The maximum Gasteiger partial charge on any atom is 0.184 e. The molecule has 32 heavy (non-hydrogen) atoms. The van der Waals surface area contributed by atoms with Crippen LogP contribution < -0.4 is 0 Å². The molecule has 0 radical (unpaired) electrons. The predicted octanol–water partition coefficient (Wildman–Crippen LogP) is 4.24. The summed E-state index contributed by atoms with van der Waals surface area (Å²) in [6.45, 7) is -0.197. The van der Waals surface area contributed by atoms with Crippen LogP contribution in [0.1, 0.15) is 29.4 Å². The molecule has 6 unspecified atom stereocenters. The predicted molar refractivity (Wildman–Crippen MR) is 118 cm³/mol. The van der Waals surface area contributed by atoms with E-state index < -0.39 is 30.9 Å². The maximum absolute atomic E-state index is 10.1. The van der Waals surface area contributed by atoms with Crippen molar-refractivity contribution < 1.29 is 24.1 Å². The zero-order valence-corrected chi connectivity index (χ0v) is 18.0. The van der Waals surface area contributed by atoms with Gasteiger partial charge in [0.1, 0.15) is 23.5 Å². The van der Waals surface area contributed by atoms with Crippen molar-refractivity contribution in [1.29, 1.82) is 0 Å². The molecule has 1 aromatic heterocycles. The highest BCUT2D eigenvalue weighted by atomic mass is 35.5. The summed E-state index contributed by atoms with van der Waals surface area (Å²) in [6, 6.07) is 24.9. The van der Waals surface area contributed by atoms with Gasteiger partial charge in [-0.3, -0.25) is 0 Å². The molecule has 0 spiro atoms. The summed E-state index contributed by atoms with van der Waals surface area (Å²) in [5.41, 5.74) is 2.55. The molecule has 2 aliphatic rings. The van der Waals surface area contributed by atoms with Gasteiger partial charge in [-0.05, 0) is 12.1 Å². The number of hydrogen-bond donors (Lipinski definition) is 1. The fourth-order valence-electron chi connectivity index (χ4n) is 4.19. The lowest BCUT2D eigenvalue weighted by molar-refractivity contribution is -0.384. The molecule has 7 heteroatoms. The molecule has 0 bridgehead atoms. The minimum absolute atomic E-state index is 0.197. The van der Waals surface area contributed by atoms with Gasteiger partial charge in [0.25, 0.3) is 0 Å².